The summed E-state index contributed by atoms with van der Waals surface area (Å²) >= 11 is 0. The van der Waals surface area contributed by atoms with Gasteiger partial charge in [-0.1, -0.05) is 0 Å². The van der Waals surface area contributed by atoms with E-state index < -0.39 is 0 Å². The maximum absolute atomic E-state index is 13.0. The van der Waals surface area contributed by atoms with Crippen molar-refractivity contribution >= 4 is 11.3 Å². The summed E-state index contributed by atoms with van der Waals surface area (Å²) in [5.74, 6) is 0.113. The van der Waals surface area contributed by atoms with Crippen molar-refractivity contribution in [3.05, 3.63) is 51.4 Å². The minimum Gasteiger partial charge on any atom is -0.310 e. The Labute approximate surface area is 136 Å². The van der Waals surface area contributed by atoms with Gasteiger partial charge < -0.3 is 4.40 Å². The molecule has 120 valence electrons. The van der Waals surface area contributed by atoms with Gasteiger partial charge in [-0.3, -0.25) is 9.48 Å². The first-order chi connectivity index (χ1) is 10.8. The Balaban J connectivity index is 2.43. The lowest BCUT2D eigenvalue weighted by Crippen LogP contribution is -2.12. The van der Waals surface area contributed by atoms with Crippen LogP contribution in [0, 0.1) is 41.5 Å². The molecule has 0 amide bonds. The summed E-state index contributed by atoms with van der Waals surface area (Å²) in [6.07, 6.45) is 1.55. The summed E-state index contributed by atoms with van der Waals surface area (Å²) < 4.78 is 3.64. The van der Waals surface area contributed by atoms with E-state index in [0.29, 0.717) is 5.69 Å². The van der Waals surface area contributed by atoms with E-state index in [9.17, 15) is 4.79 Å². The lowest BCUT2D eigenvalue weighted by Gasteiger charge is -2.15. The van der Waals surface area contributed by atoms with Gasteiger partial charge in [0.2, 0.25) is 11.6 Å². The molecular weight excluding hydrogens is 288 g/mol. The maximum atomic E-state index is 13.0. The minimum atomic E-state index is -0.128. The van der Waals surface area contributed by atoms with E-state index in [2.05, 4.69) is 49.1 Å². The normalized spacial score (nSPS) is 11.4. The first-order valence-electron chi connectivity index (χ1n) is 7.74. The third-order valence-corrected chi connectivity index (χ3v) is 5.10. The summed E-state index contributed by atoms with van der Waals surface area (Å²) in [5, 5.41) is 4.18. The fraction of sp³-hybridized carbons (Fsp3) is 0.389. The van der Waals surface area contributed by atoms with Crippen molar-refractivity contribution in [3.8, 4) is 0 Å². The van der Waals surface area contributed by atoms with Crippen LogP contribution in [0.2, 0.25) is 0 Å². The first kappa shape index (κ1) is 15.5. The molecule has 0 N–H and O–H groups in total. The number of hydrogen-bond acceptors (Lipinski definition) is 3. The zero-order chi connectivity index (χ0) is 17.0. The zero-order valence-corrected chi connectivity index (χ0v) is 14.8. The molecule has 0 aliphatic carbocycles. The fourth-order valence-corrected chi connectivity index (χ4v) is 3.31. The molecule has 0 unspecified atom stereocenters. The molecule has 0 fully saturated rings. The van der Waals surface area contributed by atoms with Gasteiger partial charge in [0.05, 0.1) is 5.52 Å². The van der Waals surface area contributed by atoms with Crippen molar-refractivity contribution in [1.82, 2.24) is 19.2 Å². The molecule has 0 spiro atoms. The molecule has 0 atom stereocenters. The van der Waals surface area contributed by atoms with E-state index in [1.165, 1.54) is 16.7 Å². The van der Waals surface area contributed by atoms with Crippen LogP contribution in [0.4, 0.5) is 0 Å². The molecule has 0 radical (unpaired) electrons. The fourth-order valence-electron chi connectivity index (χ4n) is 3.31. The second kappa shape index (κ2) is 5.05. The monoisotopic (exact) mass is 310 g/mol. The van der Waals surface area contributed by atoms with E-state index in [4.69, 9.17) is 0 Å². The summed E-state index contributed by atoms with van der Waals surface area (Å²) in [6.45, 7) is 12.5. The number of nitrogens with zero attached hydrogens (tertiary/aromatic N) is 4. The van der Waals surface area contributed by atoms with Crippen LogP contribution < -0.4 is 0 Å². The van der Waals surface area contributed by atoms with Gasteiger partial charge in [-0.05, 0) is 69.4 Å². The largest absolute Gasteiger partial charge is 0.310 e. The Morgan fingerprint density at radius 2 is 1.52 bits per heavy atom. The number of ketones is 1. The topological polar surface area (TPSA) is 52.2 Å². The number of aryl methyl sites for hydroxylation is 4. The molecule has 5 nitrogen and oxygen atoms in total. The van der Waals surface area contributed by atoms with Gasteiger partial charge in [0.1, 0.15) is 12.0 Å². The van der Waals surface area contributed by atoms with Gasteiger partial charge in [0.15, 0.2) is 0 Å². The highest BCUT2D eigenvalue weighted by atomic mass is 16.1. The van der Waals surface area contributed by atoms with Gasteiger partial charge in [0.25, 0.3) is 0 Å². The third kappa shape index (κ3) is 2.03. The molecular formula is C18H22N4O. The van der Waals surface area contributed by atoms with Crippen molar-refractivity contribution in [3.63, 3.8) is 0 Å². The van der Waals surface area contributed by atoms with Gasteiger partial charge in [-0.15, -0.1) is 5.10 Å². The molecule has 5 heteroatoms. The van der Waals surface area contributed by atoms with Crippen LogP contribution in [0.5, 0.6) is 0 Å². The molecule has 3 rings (SSSR count). The Bertz CT molecular complexity index is 960. The summed E-state index contributed by atoms with van der Waals surface area (Å²) in [6, 6.07) is 0. The van der Waals surface area contributed by atoms with E-state index in [1.54, 1.807) is 18.1 Å². The second-order valence-corrected chi connectivity index (χ2v) is 6.31. The van der Waals surface area contributed by atoms with Crippen LogP contribution in [-0.2, 0) is 7.05 Å². The number of carbonyl (C=O) groups is 1. The average Bonchev–Trinajstić information content (AvgIpc) is 3.05. The van der Waals surface area contributed by atoms with E-state index in [1.807, 2.05) is 6.92 Å². The highest BCUT2D eigenvalue weighted by molar-refractivity contribution is 6.07. The first-order valence-corrected chi connectivity index (χ1v) is 7.74. The number of carbonyl (C=O) groups excluding carboxylic acids is 1. The highest BCUT2D eigenvalue weighted by Gasteiger charge is 2.25. The van der Waals surface area contributed by atoms with Crippen molar-refractivity contribution in [2.24, 2.45) is 7.05 Å². The standard InChI is InChI=1S/C18H22N4O/c1-9-10(2)14(6)22-15(11(9)3)12(4)13(5)16(22)17(23)18-19-8-21(7)20-18/h8H,1-7H3. The van der Waals surface area contributed by atoms with Gasteiger partial charge >= 0.3 is 0 Å². The van der Waals surface area contributed by atoms with E-state index in [-0.39, 0.29) is 11.6 Å². The van der Waals surface area contributed by atoms with Crippen LogP contribution in [0.15, 0.2) is 6.33 Å². The van der Waals surface area contributed by atoms with Crippen LogP contribution in [0.1, 0.15) is 49.8 Å². The van der Waals surface area contributed by atoms with Gasteiger partial charge in [-0.2, -0.15) is 0 Å². The van der Waals surface area contributed by atoms with Crippen molar-refractivity contribution in [1.29, 1.82) is 0 Å². The molecule has 0 saturated carbocycles. The maximum Gasteiger partial charge on any atom is 0.249 e. The average molecular weight is 310 g/mol. The van der Waals surface area contributed by atoms with Gasteiger partial charge in [0, 0.05) is 12.7 Å². The Morgan fingerprint density at radius 3 is 2.09 bits per heavy atom. The van der Waals surface area contributed by atoms with Crippen molar-refractivity contribution in [2.45, 2.75) is 41.5 Å². The molecule has 0 aliphatic rings. The van der Waals surface area contributed by atoms with Crippen molar-refractivity contribution in [2.75, 3.05) is 0 Å². The molecule has 23 heavy (non-hydrogen) atoms. The predicted molar refractivity (Wildman–Crippen MR) is 90.3 cm³/mol. The molecule has 0 bridgehead atoms. The molecule has 3 aromatic heterocycles. The van der Waals surface area contributed by atoms with Crippen molar-refractivity contribution < 1.29 is 4.79 Å². The summed E-state index contributed by atoms with van der Waals surface area (Å²) in [7, 11) is 1.76. The van der Waals surface area contributed by atoms with E-state index >= 15 is 0 Å². The number of rotatable bonds is 2. The number of fused-ring (bicyclic) bond motifs is 1. The quantitative estimate of drug-likeness (QED) is 0.683. The SMILES string of the molecule is Cc1c(C)c(C)n2c(C(=O)c3ncn(C)n3)c(C)c(C)c2c1C. The second-order valence-electron chi connectivity index (χ2n) is 6.31. The Morgan fingerprint density at radius 1 is 0.913 bits per heavy atom. The molecule has 3 aromatic rings. The predicted octanol–water partition coefficient (Wildman–Crippen LogP) is 3.15. The number of hydrogen-bond donors (Lipinski definition) is 0. The van der Waals surface area contributed by atoms with Crippen LogP contribution in [-0.4, -0.2) is 24.9 Å². The molecule has 3 heterocycles. The highest BCUT2D eigenvalue weighted by Crippen LogP contribution is 2.31. The smallest absolute Gasteiger partial charge is 0.249 e. The van der Waals surface area contributed by atoms with E-state index in [0.717, 1.165) is 22.3 Å². The van der Waals surface area contributed by atoms with Gasteiger partial charge in [-0.25, -0.2) is 4.98 Å². The molecule has 0 aromatic carbocycles. The summed E-state index contributed by atoms with van der Waals surface area (Å²) in [5.41, 5.74) is 8.76. The Hall–Kier alpha value is -2.43. The van der Waals surface area contributed by atoms with Crippen LogP contribution in [0.25, 0.3) is 5.52 Å². The number of pyridine rings is 1. The third-order valence-electron chi connectivity index (χ3n) is 5.10. The molecule has 0 aliphatic heterocycles. The summed E-state index contributed by atoms with van der Waals surface area (Å²) in [4.78, 5) is 17.1. The Kier molecular flexibility index (Phi) is 3.39. The van der Waals surface area contributed by atoms with Crippen LogP contribution >= 0.6 is 0 Å². The lowest BCUT2D eigenvalue weighted by molar-refractivity contribution is 0.102. The minimum absolute atomic E-state index is 0.128. The molecule has 0 saturated heterocycles. The van der Waals surface area contributed by atoms with Crippen LogP contribution in [0.3, 0.4) is 0 Å². The zero-order valence-electron chi connectivity index (χ0n) is 14.8. The lowest BCUT2D eigenvalue weighted by atomic mass is 10.0. The number of aromatic nitrogens is 4.